The predicted octanol–water partition coefficient (Wildman–Crippen LogP) is 4.14. The van der Waals surface area contributed by atoms with Crippen LogP contribution in [0.4, 0.5) is 4.39 Å². The number of carbonyl (C=O) groups excluding carboxylic acids is 1. The monoisotopic (exact) mass is 355 g/mol. The highest BCUT2D eigenvalue weighted by molar-refractivity contribution is 6.30. The molecule has 0 aromatic heterocycles. The molecule has 4 rings (SSSR count). The zero-order valence-electron chi connectivity index (χ0n) is 12.8. The van der Waals surface area contributed by atoms with Gasteiger partial charge < -0.3 is 9.47 Å². The number of esters is 1. The minimum absolute atomic E-state index is 0.0801. The summed E-state index contributed by atoms with van der Waals surface area (Å²) >= 11 is 5.99. The average Bonchev–Trinajstić information content (AvgIpc) is 2.95. The van der Waals surface area contributed by atoms with E-state index in [1.54, 1.807) is 30.3 Å². The fourth-order valence-electron chi connectivity index (χ4n) is 2.58. The quantitative estimate of drug-likeness (QED) is 0.601. The molecule has 0 aliphatic carbocycles. The molecule has 0 N–H and O–H groups in total. The maximum atomic E-state index is 13.3. The number of cyclic esters (lactones) is 1. The second-order valence-electron chi connectivity index (χ2n) is 5.54. The summed E-state index contributed by atoms with van der Waals surface area (Å²) in [4.78, 5) is 16.2. The highest BCUT2D eigenvalue weighted by Gasteiger charge is 2.25. The van der Waals surface area contributed by atoms with Crippen LogP contribution >= 0.6 is 11.6 Å². The summed E-state index contributed by atoms with van der Waals surface area (Å²) < 4.78 is 24.1. The third-order valence-electron chi connectivity index (χ3n) is 3.72. The van der Waals surface area contributed by atoms with E-state index in [-0.39, 0.29) is 11.6 Å². The van der Waals surface area contributed by atoms with Gasteiger partial charge in [0.2, 0.25) is 5.90 Å². The van der Waals surface area contributed by atoms with Crippen molar-refractivity contribution in [1.82, 2.24) is 0 Å². The van der Waals surface area contributed by atoms with E-state index < -0.39 is 11.8 Å². The smallest absolute Gasteiger partial charge is 0.363 e. The number of carbonyl (C=O) groups is 1. The maximum absolute atomic E-state index is 13.3. The van der Waals surface area contributed by atoms with Crippen molar-refractivity contribution < 1.29 is 18.7 Å². The van der Waals surface area contributed by atoms with Crippen LogP contribution in [0.5, 0.6) is 5.75 Å². The van der Waals surface area contributed by atoms with Gasteiger partial charge in [-0.2, -0.15) is 0 Å². The summed E-state index contributed by atoms with van der Waals surface area (Å²) in [5, 5.41) is 0.596. The fourth-order valence-corrected chi connectivity index (χ4v) is 2.76. The lowest BCUT2D eigenvalue weighted by Gasteiger charge is -2.16. The van der Waals surface area contributed by atoms with Crippen LogP contribution in [-0.2, 0) is 9.53 Å². The number of aliphatic imine (C=N–C) groups is 1. The van der Waals surface area contributed by atoms with E-state index >= 15 is 0 Å². The highest BCUT2D eigenvalue weighted by Crippen LogP contribution is 2.30. The number of rotatable bonds is 2. The van der Waals surface area contributed by atoms with Gasteiger partial charge in [-0.3, -0.25) is 0 Å². The molecule has 0 amide bonds. The van der Waals surface area contributed by atoms with Crippen LogP contribution in [0.15, 0.2) is 64.8 Å². The van der Waals surface area contributed by atoms with Crippen LogP contribution in [0.1, 0.15) is 11.1 Å². The lowest BCUT2D eigenvalue weighted by molar-refractivity contribution is -0.130. The Morgan fingerprint density at radius 1 is 1.20 bits per heavy atom. The van der Waals surface area contributed by atoms with Gasteiger partial charge in [-0.25, -0.2) is 14.2 Å². The first kappa shape index (κ1) is 15.6. The Balaban J connectivity index is 1.66. The van der Waals surface area contributed by atoms with E-state index in [4.69, 9.17) is 21.1 Å². The SMILES string of the molecule is O=C1OC(c2cccc(F)c2)=N/C1=C/C1=Cc2cc(Cl)ccc2OC1. The number of hydrogen-bond donors (Lipinski definition) is 0. The van der Waals surface area contributed by atoms with Gasteiger partial charge in [0, 0.05) is 16.1 Å². The standard InChI is InChI=1S/C19H11ClFNO3/c20-14-4-5-17-13(8-14)6-11(10-24-17)7-16-19(23)25-18(22-16)12-2-1-3-15(21)9-12/h1-9H,10H2/b16-7+. The van der Waals surface area contributed by atoms with Crippen molar-refractivity contribution in [2.75, 3.05) is 6.61 Å². The summed E-state index contributed by atoms with van der Waals surface area (Å²) in [5.74, 6) is -0.205. The normalized spacial score (nSPS) is 17.5. The number of halogens is 2. The Bertz CT molecular complexity index is 978. The average molecular weight is 356 g/mol. The molecule has 0 atom stereocenters. The zero-order valence-corrected chi connectivity index (χ0v) is 13.6. The Morgan fingerprint density at radius 2 is 2.08 bits per heavy atom. The number of hydrogen-bond acceptors (Lipinski definition) is 4. The lowest BCUT2D eigenvalue weighted by Crippen LogP contribution is -2.08. The first-order valence-corrected chi connectivity index (χ1v) is 7.88. The fraction of sp³-hybridized carbons (Fsp3) is 0.0526. The van der Waals surface area contributed by atoms with Gasteiger partial charge in [-0.15, -0.1) is 0 Å². The predicted molar refractivity (Wildman–Crippen MR) is 92.0 cm³/mol. The molecule has 2 aliphatic rings. The van der Waals surface area contributed by atoms with Crippen molar-refractivity contribution in [2.24, 2.45) is 4.99 Å². The Hall–Kier alpha value is -2.92. The topological polar surface area (TPSA) is 47.9 Å². The number of fused-ring (bicyclic) bond motifs is 1. The molecule has 6 heteroatoms. The second kappa shape index (κ2) is 6.18. The van der Waals surface area contributed by atoms with Gasteiger partial charge in [-0.05, 0) is 54.1 Å². The van der Waals surface area contributed by atoms with E-state index in [0.717, 1.165) is 16.9 Å². The Labute approximate surface area is 147 Å². The van der Waals surface area contributed by atoms with Crippen molar-refractivity contribution in [2.45, 2.75) is 0 Å². The molecule has 0 bridgehead atoms. The van der Waals surface area contributed by atoms with Crippen LogP contribution in [0.25, 0.3) is 6.08 Å². The number of nitrogens with zero attached hydrogens (tertiary/aromatic N) is 1. The van der Waals surface area contributed by atoms with E-state index in [1.807, 2.05) is 6.08 Å². The van der Waals surface area contributed by atoms with E-state index in [2.05, 4.69) is 4.99 Å². The number of benzene rings is 2. The van der Waals surface area contributed by atoms with Crippen LogP contribution in [-0.4, -0.2) is 18.5 Å². The van der Waals surface area contributed by atoms with Crippen molar-refractivity contribution in [1.29, 1.82) is 0 Å². The summed E-state index contributed by atoms with van der Waals surface area (Å²) in [6.45, 7) is 0.302. The third kappa shape index (κ3) is 3.19. The summed E-state index contributed by atoms with van der Waals surface area (Å²) in [5.41, 5.74) is 2.12. The van der Waals surface area contributed by atoms with Gasteiger partial charge in [0.15, 0.2) is 5.70 Å². The molecule has 0 spiro atoms. The van der Waals surface area contributed by atoms with Crippen LogP contribution in [0.2, 0.25) is 5.02 Å². The molecule has 2 aliphatic heterocycles. The lowest BCUT2D eigenvalue weighted by atomic mass is 10.1. The van der Waals surface area contributed by atoms with Crippen LogP contribution in [0.3, 0.4) is 0 Å². The molecule has 124 valence electrons. The minimum atomic E-state index is -0.586. The van der Waals surface area contributed by atoms with Gasteiger partial charge in [0.05, 0.1) is 0 Å². The van der Waals surface area contributed by atoms with Crippen LogP contribution in [0, 0.1) is 5.82 Å². The molecule has 4 nitrogen and oxygen atoms in total. The van der Waals surface area contributed by atoms with Gasteiger partial charge >= 0.3 is 5.97 Å². The summed E-state index contributed by atoms with van der Waals surface area (Å²) in [6, 6.07) is 11.0. The molecular formula is C19H11ClFNO3. The minimum Gasteiger partial charge on any atom is -0.488 e. The van der Waals surface area contributed by atoms with E-state index in [9.17, 15) is 9.18 Å². The Kier molecular flexibility index (Phi) is 3.86. The molecule has 0 radical (unpaired) electrons. The van der Waals surface area contributed by atoms with Gasteiger partial charge in [0.1, 0.15) is 18.2 Å². The van der Waals surface area contributed by atoms with Gasteiger partial charge in [-0.1, -0.05) is 17.7 Å². The third-order valence-corrected chi connectivity index (χ3v) is 3.96. The molecular weight excluding hydrogens is 345 g/mol. The largest absolute Gasteiger partial charge is 0.488 e. The molecule has 0 unspecified atom stereocenters. The zero-order chi connectivity index (χ0) is 17.4. The van der Waals surface area contributed by atoms with Gasteiger partial charge in [0.25, 0.3) is 0 Å². The maximum Gasteiger partial charge on any atom is 0.363 e. The summed E-state index contributed by atoms with van der Waals surface area (Å²) in [6.07, 6.45) is 3.47. The van der Waals surface area contributed by atoms with E-state index in [0.29, 0.717) is 17.2 Å². The molecule has 25 heavy (non-hydrogen) atoms. The molecule has 0 fully saturated rings. The molecule has 2 aromatic rings. The first-order valence-electron chi connectivity index (χ1n) is 7.50. The van der Waals surface area contributed by atoms with Crippen molar-refractivity contribution in [3.8, 4) is 5.75 Å². The Morgan fingerprint density at radius 3 is 2.92 bits per heavy atom. The molecule has 2 aromatic carbocycles. The summed E-state index contributed by atoms with van der Waals surface area (Å²) in [7, 11) is 0. The van der Waals surface area contributed by atoms with E-state index in [1.165, 1.54) is 18.2 Å². The van der Waals surface area contributed by atoms with Crippen molar-refractivity contribution in [3.05, 3.63) is 81.8 Å². The molecule has 2 heterocycles. The second-order valence-corrected chi connectivity index (χ2v) is 5.97. The van der Waals surface area contributed by atoms with Crippen molar-refractivity contribution >= 4 is 29.5 Å². The molecule has 0 saturated carbocycles. The van der Waals surface area contributed by atoms with Crippen molar-refractivity contribution in [3.63, 3.8) is 0 Å². The van der Waals surface area contributed by atoms with Crippen LogP contribution < -0.4 is 4.74 Å². The first-order chi connectivity index (χ1) is 12.1. The highest BCUT2D eigenvalue weighted by atomic mass is 35.5. The number of ether oxygens (including phenoxy) is 2. The molecule has 0 saturated heterocycles.